The van der Waals surface area contributed by atoms with Crippen molar-refractivity contribution in [3.8, 4) is 0 Å². The van der Waals surface area contributed by atoms with Gasteiger partial charge in [-0.25, -0.2) is 0 Å². The predicted molar refractivity (Wildman–Crippen MR) is 97.3 cm³/mol. The Labute approximate surface area is 153 Å². The Bertz CT molecular complexity index is 1080. The molecule has 27 heavy (non-hydrogen) atoms. The first kappa shape index (κ1) is 16.5. The number of amides is 2. The fourth-order valence-corrected chi connectivity index (χ4v) is 2.58. The molecule has 0 aliphatic carbocycles. The molecule has 0 atom stereocenters. The molecule has 0 saturated carbocycles. The number of nitrogens with one attached hydrogen (secondary N) is 2. The van der Waals surface area contributed by atoms with Gasteiger partial charge in [0.2, 0.25) is 0 Å². The fraction of sp³-hybridized carbons (Fsp3) is 0.0526. The van der Waals surface area contributed by atoms with Gasteiger partial charge in [-0.3, -0.25) is 14.0 Å². The average molecular weight is 361 g/mol. The fourth-order valence-electron chi connectivity index (χ4n) is 2.58. The minimum atomic E-state index is -0.351. The highest BCUT2D eigenvalue weighted by Crippen LogP contribution is 2.12. The summed E-state index contributed by atoms with van der Waals surface area (Å²) in [6, 6.07) is 15.4. The van der Waals surface area contributed by atoms with Crippen molar-refractivity contribution >= 4 is 23.1 Å². The second-order valence-electron chi connectivity index (χ2n) is 5.74. The van der Waals surface area contributed by atoms with Crippen molar-refractivity contribution in [3.05, 3.63) is 84.2 Å². The first-order chi connectivity index (χ1) is 13.2. The summed E-state index contributed by atoms with van der Waals surface area (Å²) in [5, 5.41) is 13.6. The third-order valence-corrected chi connectivity index (χ3v) is 3.94. The molecule has 0 spiro atoms. The van der Waals surface area contributed by atoms with Crippen molar-refractivity contribution in [1.82, 2.24) is 19.9 Å². The van der Waals surface area contributed by atoms with E-state index in [2.05, 4.69) is 20.8 Å². The lowest BCUT2D eigenvalue weighted by atomic mass is 10.2. The Morgan fingerprint density at radius 3 is 2.59 bits per heavy atom. The summed E-state index contributed by atoms with van der Waals surface area (Å²) in [7, 11) is 0. The number of pyridine rings is 1. The molecule has 3 aromatic heterocycles. The SMILES string of the molecule is O=C(NCc1nnc2ccccn12)c1ccc(NC(=O)c2ccco2)cc1. The van der Waals surface area contributed by atoms with E-state index in [0.29, 0.717) is 17.1 Å². The molecule has 0 aliphatic rings. The number of carbonyl (C=O) groups is 2. The van der Waals surface area contributed by atoms with Gasteiger partial charge in [0, 0.05) is 17.4 Å². The molecule has 0 fully saturated rings. The first-order valence-electron chi connectivity index (χ1n) is 8.22. The molecule has 2 amide bonds. The number of furan rings is 1. The minimum absolute atomic E-state index is 0.220. The lowest BCUT2D eigenvalue weighted by molar-refractivity contribution is 0.0949. The Kier molecular flexibility index (Phi) is 4.36. The van der Waals surface area contributed by atoms with Gasteiger partial charge in [0.25, 0.3) is 11.8 Å². The second-order valence-corrected chi connectivity index (χ2v) is 5.74. The van der Waals surface area contributed by atoms with Crippen molar-refractivity contribution < 1.29 is 14.0 Å². The van der Waals surface area contributed by atoms with Crippen LogP contribution in [-0.2, 0) is 6.54 Å². The van der Waals surface area contributed by atoms with Crippen molar-refractivity contribution in [1.29, 1.82) is 0 Å². The van der Waals surface area contributed by atoms with Crippen LogP contribution >= 0.6 is 0 Å². The lowest BCUT2D eigenvalue weighted by Crippen LogP contribution is -2.24. The van der Waals surface area contributed by atoms with Gasteiger partial charge in [-0.2, -0.15) is 0 Å². The summed E-state index contributed by atoms with van der Waals surface area (Å²) in [5.74, 6) is 0.265. The number of fused-ring (bicyclic) bond motifs is 1. The summed E-state index contributed by atoms with van der Waals surface area (Å²) in [6.07, 6.45) is 3.27. The molecule has 0 saturated heterocycles. The van der Waals surface area contributed by atoms with Gasteiger partial charge >= 0.3 is 0 Å². The number of benzene rings is 1. The molecule has 4 rings (SSSR count). The van der Waals surface area contributed by atoms with E-state index in [-0.39, 0.29) is 24.1 Å². The number of aromatic nitrogens is 3. The molecule has 8 heteroatoms. The van der Waals surface area contributed by atoms with Crippen LogP contribution in [0.25, 0.3) is 5.65 Å². The summed E-state index contributed by atoms with van der Waals surface area (Å²) in [6.45, 7) is 0.251. The molecule has 3 heterocycles. The first-order valence-corrected chi connectivity index (χ1v) is 8.22. The van der Waals surface area contributed by atoms with Crippen LogP contribution in [-0.4, -0.2) is 26.4 Å². The summed E-state index contributed by atoms with van der Waals surface area (Å²) in [5.41, 5.74) is 1.76. The van der Waals surface area contributed by atoms with E-state index in [1.807, 2.05) is 28.8 Å². The van der Waals surface area contributed by atoms with Crippen LogP contribution in [0.15, 0.2) is 71.5 Å². The Hall–Kier alpha value is -3.94. The number of hydrogen-bond acceptors (Lipinski definition) is 5. The summed E-state index contributed by atoms with van der Waals surface area (Å²) < 4.78 is 6.85. The maximum atomic E-state index is 12.3. The highest BCUT2D eigenvalue weighted by Gasteiger charge is 2.11. The normalized spacial score (nSPS) is 10.7. The van der Waals surface area contributed by atoms with Crippen LogP contribution < -0.4 is 10.6 Å². The number of rotatable bonds is 5. The number of nitrogens with zero attached hydrogens (tertiary/aromatic N) is 3. The van der Waals surface area contributed by atoms with Gasteiger partial charge in [-0.15, -0.1) is 10.2 Å². The maximum absolute atomic E-state index is 12.3. The van der Waals surface area contributed by atoms with E-state index in [9.17, 15) is 9.59 Å². The van der Waals surface area contributed by atoms with Crippen LogP contribution in [0.1, 0.15) is 26.7 Å². The molecule has 0 unspecified atom stereocenters. The Balaban J connectivity index is 1.38. The molecule has 0 bridgehead atoms. The standard InChI is InChI=1S/C19H15N5O3/c25-18(20-12-17-23-22-16-5-1-2-10-24(16)17)13-6-8-14(9-7-13)21-19(26)15-4-3-11-27-15/h1-11H,12H2,(H,20,25)(H,21,26). The molecule has 8 nitrogen and oxygen atoms in total. The van der Waals surface area contributed by atoms with Crippen LogP contribution in [0.2, 0.25) is 0 Å². The molecular formula is C19H15N5O3. The van der Waals surface area contributed by atoms with Gasteiger partial charge in [-0.1, -0.05) is 6.07 Å². The van der Waals surface area contributed by atoms with Gasteiger partial charge in [0.1, 0.15) is 0 Å². The smallest absolute Gasteiger partial charge is 0.291 e. The molecular weight excluding hydrogens is 346 g/mol. The highest BCUT2D eigenvalue weighted by atomic mass is 16.3. The third-order valence-electron chi connectivity index (χ3n) is 3.94. The Morgan fingerprint density at radius 1 is 0.963 bits per heavy atom. The summed E-state index contributed by atoms with van der Waals surface area (Å²) >= 11 is 0. The number of carbonyl (C=O) groups excluding carboxylic acids is 2. The largest absolute Gasteiger partial charge is 0.459 e. The molecule has 134 valence electrons. The van der Waals surface area contributed by atoms with Gasteiger partial charge in [0.15, 0.2) is 17.2 Å². The Morgan fingerprint density at radius 2 is 1.81 bits per heavy atom. The zero-order chi connectivity index (χ0) is 18.6. The monoisotopic (exact) mass is 361 g/mol. The molecule has 0 radical (unpaired) electrons. The minimum Gasteiger partial charge on any atom is -0.459 e. The van der Waals surface area contributed by atoms with Crippen molar-refractivity contribution in [3.63, 3.8) is 0 Å². The van der Waals surface area contributed by atoms with Crippen molar-refractivity contribution in [2.24, 2.45) is 0 Å². The molecule has 1 aromatic carbocycles. The third kappa shape index (κ3) is 3.54. The van der Waals surface area contributed by atoms with Gasteiger partial charge < -0.3 is 15.1 Å². The molecule has 2 N–H and O–H groups in total. The lowest BCUT2D eigenvalue weighted by Gasteiger charge is -2.06. The topological polar surface area (TPSA) is 102 Å². The van der Waals surface area contributed by atoms with Crippen molar-refractivity contribution in [2.45, 2.75) is 6.54 Å². The predicted octanol–water partition coefficient (Wildman–Crippen LogP) is 2.50. The van der Waals surface area contributed by atoms with E-state index in [0.717, 1.165) is 5.65 Å². The van der Waals surface area contributed by atoms with Gasteiger partial charge in [0.05, 0.1) is 12.8 Å². The van der Waals surface area contributed by atoms with E-state index >= 15 is 0 Å². The second kappa shape index (κ2) is 7.12. The van der Waals surface area contributed by atoms with E-state index in [1.165, 1.54) is 6.26 Å². The maximum Gasteiger partial charge on any atom is 0.291 e. The molecule has 0 aliphatic heterocycles. The van der Waals surface area contributed by atoms with Crippen LogP contribution in [0, 0.1) is 0 Å². The van der Waals surface area contributed by atoms with Gasteiger partial charge in [-0.05, 0) is 48.5 Å². The summed E-state index contributed by atoms with van der Waals surface area (Å²) in [4.78, 5) is 24.3. The quantitative estimate of drug-likeness (QED) is 0.569. The zero-order valence-corrected chi connectivity index (χ0v) is 14.1. The van der Waals surface area contributed by atoms with Crippen LogP contribution in [0.4, 0.5) is 5.69 Å². The van der Waals surface area contributed by atoms with E-state index in [4.69, 9.17) is 4.42 Å². The van der Waals surface area contributed by atoms with Crippen LogP contribution in [0.3, 0.4) is 0 Å². The zero-order valence-electron chi connectivity index (χ0n) is 14.1. The highest BCUT2D eigenvalue weighted by molar-refractivity contribution is 6.02. The number of anilines is 1. The van der Waals surface area contributed by atoms with E-state index in [1.54, 1.807) is 36.4 Å². The average Bonchev–Trinajstić information content (AvgIpc) is 3.37. The number of hydrogen-bond donors (Lipinski definition) is 2. The van der Waals surface area contributed by atoms with Crippen molar-refractivity contribution in [2.75, 3.05) is 5.32 Å². The molecule has 4 aromatic rings. The van der Waals surface area contributed by atoms with Crippen LogP contribution in [0.5, 0.6) is 0 Å². The van der Waals surface area contributed by atoms with E-state index < -0.39 is 0 Å².